The highest BCUT2D eigenvalue weighted by Crippen LogP contribution is 2.37. The average molecular weight is 494 g/mol. The summed E-state index contributed by atoms with van der Waals surface area (Å²) in [7, 11) is 5.56. The van der Waals surface area contributed by atoms with E-state index in [2.05, 4.69) is 58.8 Å². The maximum absolute atomic E-state index is 5.58. The summed E-state index contributed by atoms with van der Waals surface area (Å²) in [6, 6.07) is 20.7. The molecule has 3 aromatic carbocycles. The number of ether oxygens (including phenoxy) is 2. The highest BCUT2D eigenvalue weighted by Gasteiger charge is 2.21. The first kappa shape index (κ1) is 23.3. The number of anilines is 1. The number of likely N-dealkylation sites (N-methyl/N-ethyl adjacent to an activating group) is 1. The lowest BCUT2D eigenvalue weighted by Crippen LogP contribution is -2.44. The summed E-state index contributed by atoms with van der Waals surface area (Å²) in [6.45, 7) is 6.29. The first-order chi connectivity index (χ1) is 18.1. The Balaban J connectivity index is 1.61. The lowest BCUT2D eigenvalue weighted by atomic mass is 10.1. The minimum Gasteiger partial charge on any atom is -0.497 e. The van der Waals surface area contributed by atoms with Crippen molar-refractivity contribution in [2.75, 3.05) is 52.3 Å². The van der Waals surface area contributed by atoms with Gasteiger partial charge in [0.2, 0.25) is 0 Å². The molecule has 188 valence electrons. The van der Waals surface area contributed by atoms with Crippen LogP contribution in [0.3, 0.4) is 0 Å². The molecule has 0 atom stereocenters. The standard InChI is InChI=1S/C30H31N5O2/c1-20-8-9-22(34-14-12-33(2)13-15-34)17-28(20)35-30-25-18-24(37-4)10-11-27(25)31-19-26(30)29(32-35)21-6-5-7-23(16-21)36-3/h5-11,16-19H,12-15H2,1-4H3. The third-order valence-corrected chi connectivity index (χ3v) is 7.35. The highest BCUT2D eigenvalue weighted by atomic mass is 16.5. The predicted octanol–water partition coefficient (Wildman–Crippen LogP) is 5.32. The third-order valence-electron chi connectivity index (χ3n) is 7.35. The molecule has 7 heteroatoms. The van der Waals surface area contributed by atoms with Crippen molar-refractivity contribution in [3.63, 3.8) is 0 Å². The van der Waals surface area contributed by atoms with Crippen molar-refractivity contribution in [2.24, 2.45) is 0 Å². The summed E-state index contributed by atoms with van der Waals surface area (Å²) >= 11 is 0. The number of rotatable bonds is 5. The Kier molecular flexibility index (Phi) is 5.93. The topological polar surface area (TPSA) is 55.7 Å². The molecule has 5 aromatic rings. The summed E-state index contributed by atoms with van der Waals surface area (Å²) in [5.74, 6) is 1.59. The van der Waals surface area contributed by atoms with Crippen LogP contribution in [0.15, 0.2) is 66.9 Å². The molecule has 0 N–H and O–H groups in total. The van der Waals surface area contributed by atoms with E-state index >= 15 is 0 Å². The van der Waals surface area contributed by atoms with Crippen LogP contribution in [0.25, 0.3) is 38.8 Å². The monoisotopic (exact) mass is 493 g/mol. The van der Waals surface area contributed by atoms with Crippen LogP contribution in [0, 0.1) is 6.92 Å². The number of pyridine rings is 1. The van der Waals surface area contributed by atoms with Gasteiger partial charge in [-0.2, -0.15) is 5.10 Å². The summed E-state index contributed by atoms with van der Waals surface area (Å²) in [4.78, 5) is 9.62. The smallest absolute Gasteiger partial charge is 0.119 e. The Morgan fingerprint density at radius 2 is 1.59 bits per heavy atom. The van der Waals surface area contributed by atoms with E-state index in [1.54, 1.807) is 14.2 Å². The van der Waals surface area contributed by atoms with Crippen LogP contribution in [-0.2, 0) is 0 Å². The normalized spacial score (nSPS) is 14.4. The van der Waals surface area contributed by atoms with Gasteiger partial charge in [0.1, 0.15) is 17.2 Å². The second-order valence-corrected chi connectivity index (χ2v) is 9.66. The van der Waals surface area contributed by atoms with Gasteiger partial charge >= 0.3 is 0 Å². The molecule has 1 aliphatic rings. The molecule has 0 aliphatic carbocycles. The molecule has 1 fully saturated rings. The maximum Gasteiger partial charge on any atom is 0.119 e. The van der Waals surface area contributed by atoms with Gasteiger partial charge in [-0.3, -0.25) is 4.98 Å². The summed E-state index contributed by atoms with van der Waals surface area (Å²) in [6.07, 6.45) is 1.93. The van der Waals surface area contributed by atoms with Crippen molar-refractivity contribution in [2.45, 2.75) is 6.92 Å². The molecule has 0 unspecified atom stereocenters. The molecule has 0 amide bonds. The van der Waals surface area contributed by atoms with Gasteiger partial charge in [-0.05, 0) is 62.0 Å². The van der Waals surface area contributed by atoms with Gasteiger partial charge in [0.15, 0.2) is 0 Å². The molecule has 2 aromatic heterocycles. The van der Waals surface area contributed by atoms with Gasteiger partial charge in [0.05, 0.1) is 30.9 Å². The number of piperazine rings is 1. The minimum atomic E-state index is 0.792. The zero-order chi connectivity index (χ0) is 25.5. The number of aromatic nitrogens is 3. The van der Waals surface area contributed by atoms with E-state index in [0.29, 0.717) is 0 Å². The maximum atomic E-state index is 5.58. The Labute approximate surface area is 216 Å². The molecule has 0 radical (unpaired) electrons. The van der Waals surface area contributed by atoms with Crippen LogP contribution < -0.4 is 14.4 Å². The molecular formula is C30H31N5O2. The molecule has 1 saturated heterocycles. The van der Waals surface area contributed by atoms with Crippen LogP contribution in [0.1, 0.15) is 5.56 Å². The Bertz CT molecular complexity index is 1600. The fourth-order valence-electron chi connectivity index (χ4n) is 5.14. The SMILES string of the molecule is COc1cccc(-c2nn(-c3cc(N4CCN(C)CC4)ccc3C)c3c2cnc2ccc(OC)cc23)c1. The first-order valence-corrected chi connectivity index (χ1v) is 12.6. The van der Waals surface area contributed by atoms with Gasteiger partial charge in [-0.25, -0.2) is 4.68 Å². The van der Waals surface area contributed by atoms with Crippen LogP contribution in [0.4, 0.5) is 5.69 Å². The summed E-state index contributed by atoms with van der Waals surface area (Å²) in [5.41, 5.74) is 7.21. The fourth-order valence-corrected chi connectivity index (χ4v) is 5.14. The molecule has 6 rings (SSSR count). The van der Waals surface area contributed by atoms with E-state index in [4.69, 9.17) is 19.6 Å². The highest BCUT2D eigenvalue weighted by molar-refractivity contribution is 6.09. The number of benzene rings is 3. The Morgan fingerprint density at radius 1 is 0.811 bits per heavy atom. The van der Waals surface area contributed by atoms with E-state index in [1.807, 2.05) is 36.5 Å². The van der Waals surface area contributed by atoms with Gasteiger partial charge in [0, 0.05) is 54.4 Å². The van der Waals surface area contributed by atoms with Crippen molar-refractivity contribution in [1.29, 1.82) is 0 Å². The van der Waals surface area contributed by atoms with Crippen molar-refractivity contribution >= 4 is 27.5 Å². The van der Waals surface area contributed by atoms with Gasteiger partial charge in [-0.1, -0.05) is 18.2 Å². The molecule has 0 saturated carbocycles. The van der Waals surface area contributed by atoms with Gasteiger partial charge in [-0.15, -0.1) is 0 Å². The predicted molar refractivity (Wildman–Crippen MR) is 149 cm³/mol. The lowest BCUT2D eigenvalue weighted by Gasteiger charge is -2.34. The Hall–Kier alpha value is -4.10. The van der Waals surface area contributed by atoms with Crippen molar-refractivity contribution in [1.82, 2.24) is 19.7 Å². The minimum absolute atomic E-state index is 0.792. The second-order valence-electron chi connectivity index (χ2n) is 9.66. The van der Waals surface area contributed by atoms with Crippen LogP contribution in [0.2, 0.25) is 0 Å². The molecule has 0 bridgehead atoms. The molecule has 37 heavy (non-hydrogen) atoms. The van der Waals surface area contributed by atoms with E-state index in [1.165, 1.54) is 5.69 Å². The number of fused-ring (bicyclic) bond motifs is 3. The number of hydrogen-bond donors (Lipinski definition) is 0. The quantitative estimate of drug-likeness (QED) is 0.330. The molecule has 7 nitrogen and oxygen atoms in total. The number of nitrogens with zero attached hydrogens (tertiary/aromatic N) is 5. The van der Waals surface area contributed by atoms with Crippen molar-refractivity contribution in [3.8, 4) is 28.4 Å². The second kappa shape index (κ2) is 9.41. The molecule has 1 aliphatic heterocycles. The third kappa shape index (κ3) is 4.15. The van der Waals surface area contributed by atoms with Crippen LogP contribution >= 0.6 is 0 Å². The van der Waals surface area contributed by atoms with Crippen molar-refractivity contribution in [3.05, 3.63) is 72.4 Å². The van der Waals surface area contributed by atoms with E-state index < -0.39 is 0 Å². The summed E-state index contributed by atoms with van der Waals surface area (Å²) in [5, 5.41) is 7.21. The zero-order valence-corrected chi connectivity index (χ0v) is 21.7. The van der Waals surface area contributed by atoms with Crippen molar-refractivity contribution < 1.29 is 9.47 Å². The van der Waals surface area contributed by atoms with E-state index in [9.17, 15) is 0 Å². The molecular weight excluding hydrogens is 462 g/mol. The van der Waals surface area contributed by atoms with Crippen LogP contribution in [-0.4, -0.2) is 67.1 Å². The average Bonchev–Trinajstić information content (AvgIpc) is 3.33. The number of methoxy groups -OCH3 is 2. The fraction of sp³-hybridized carbons (Fsp3) is 0.267. The van der Waals surface area contributed by atoms with Gasteiger partial charge in [0.25, 0.3) is 0 Å². The largest absolute Gasteiger partial charge is 0.497 e. The van der Waals surface area contributed by atoms with E-state index in [0.717, 1.165) is 82.0 Å². The molecule has 3 heterocycles. The molecule has 0 spiro atoms. The zero-order valence-electron chi connectivity index (χ0n) is 21.7. The lowest BCUT2D eigenvalue weighted by molar-refractivity contribution is 0.313. The van der Waals surface area contributed by atoms with Gasteiger partial charge < -0.3 is 19.3 Å². The van der Waals surface area contributed by atoms with E-state index in [-0.39, 0.29) is 0 Å². The number of aryl methyl sites for hydroxylation is 1. The first-order valence-electron chi connectivity index (χ1n) is 12.6. The number of hydrogen-bond acceptors (Lipinski definition) is 6. The van der Waals surface area contributed by atoms with Crippen LogP contribution in [0.5, 0.6) is 11.5 Å². The Morgan fingerprint density at radius 3 is 2.38 bits per heavy atom. The summed E-state index contributed by atoms with van der Waals surface area (Å²) < 4.78 is 13.2.